The summed E-state index contributed by atoms with van der Waals surface area (Å²) in [6, 6.07) is 9.85. The van der Waals surface area contributed by atoms with Crippen molar-refractivity contribution in [3.63, 3.8) is 0 Å². The van der Waals surface area contributed by atoms with Gasteiger partial charge in [-0.1, -0.05) is 12.1 Å². The largest absolute Gasteiger partial charge is 0.336 e. The van der Waals surface area contributed by atoms with Crippen LogP contribution in [-0.2, 0) is 12.0 Å². The van der Waals surface area contributed by atoms with Crippen molar-refractivity contribution >= 4 is 17.2 Å². The molecular weight excluding hydrogens is 344 g/mol. The summed E-state index contributed by atoms with van der Waals surface area (Å²) in [6.07, 6.45) is 4.03. The predicted molar refractivity (Wildman–Crippen MR) is 101 cm³/mol. The van der Waals surface area contributed by atoms with E-state index in [1.54, 1.807) is 11.3 Å². The average Bonchev–Trinajstić information content (AvgIpc) is 3.41. The van der Waals surface area contributed by atoms with Gasteiger partial charge in [0.05, 0.1) is 16.8 Å². The summed E-state index contributed by atoms with van der Waals surface area (Å²) >= 11 is 1.75. The molecule has 0 saturated carbocycles. The van der Waals surface area contributed by atoms with Crippen LogP contribution in [0.25, 0.3) is 10.6 Å². The second kappa shape index (κ2) is 5.77. The molecule has 0 aliphatic carbocycles. The van der Waals surface area contributed by atoms with Crippen molar-refractivity contribution in [2.45, 2.75) is 31.7 Å². The molecule has 0 unspecified atom stereocenters. The quantitative estimate of drug-likeness (QED) is 0.699. The number of aryl methyl sites for hydroxylation is 1. The van der Waals surface area contributed by atoms with Gasteiger partial charge in [0, 0.05) is 30.7 Å². The number of thiophene rings is 1. The number of carbonyl (C=O) groups excluding carboxylic acids is 1. The SMILES string of the molecule is Cc1cccc(C(=O)N2CC[C@@]3(CCn4c(-c5cccs5)cnc43)C2)n1. The summed E-state index contributed by atoms with van der Waals surface area (Å²) < 4.78 is 2.35. The summed E-state index contributed by atoms with van der Waals surface area (Å²) in [5, 5.41) is 2.10. The molecule has 5 nitrogen and oxygen atoms in total. The molecule has 1 spiro atoms. The Hall–Kier alpha value is -2.47. The zero-order chi connectivity index (χ0) is 17.7. The summed E-state index contributed by atoms with van der Waals surface area (Å²) in [4.78, 5) is 25.3. The number of rotatable bonds is 2. The lowest BCUT2D eigenvalue weighted by molar-refractivity contribution is 0.0777. The lowest BCUT2D eigenvalue weighted by Gasteiger charge is -2.22. The van der Waals surface area contributed by atoms with Crippen LogP contribution in [0.4, 0.5) is 0 Å². The van der Waals surface area contributed by atoms with Gasteiger partial charge in [0.15, 0.2) is 0 Å². The zero-order valence-corrected chi connectivity index (χ0v) is 15.5. The average molecular weight is 364 g/mol. The van der Waals surface area contributed by atoms with E-state index in [0.717, 1.165) is 44.0 Å². The van der Waals surface area contributed by atoms with Gasteiger partial charge in [-0.15, -0.1) is 11.3 Å². The van der Waals surface area contributed by atoms with Gasteiger partial charge in [0.1, 0.15) is 11.5 Å². The van der Waals surface area contributed by atoms with Gasteiger partial charge in [-0.2, -0.15) is 0 Å². The first-order valence-corrected chi connectivity index (χ1v) is 9.87. The Balaban J connectivity index is 1.43. The molecule has 2 aliphatic heterocycles. The van der Waals surface area contributed by atoms with Gasteiger partial charge < -0.3 is 9.47 Å². The number of aromatic nitrogens is 3. The van der Waals surface area contributed by atoms with Crippen molar-refractivity contribution in [2.24, 2.45) is 0 Å². The van der Waals surface area contributed by atoms with Crippen LogP contribution in [0, 0.1) is 6.92 Å². The number of amides is 1. The van der Waals surface area contributed by atoms with E-state index >= 15 is 0 Å². The minimum Gasteiger partial charge on any atom is -0.336 e. The maximum atomic E-state index is 12.9. The van der Waals surface area contributed by atoms with Gasteiger partial charge in [-0.05, 0) is 43.3 Å². The van der Waals surface area contributed by atoms with Crippen molar-refractivity contribution in [3.05, 3.63) is 59.1 Å². The van der Waals surface area contributed by atoms with Gasteiger partial charge in [0.2, 0.25) is 0 Å². The summed E-state index contributed by atoms with van der Waals surface area (Å²) in [5.74, 6) is 1.18. The van der Waals surface area contributed by atoms with E-state index in [1.165, 1.54) is 10.6 Å². The fourth-order valence-corrected chi connectivity index (χ4v) is 5.08. The Bertz CT molecular complexity index is 978. The molecule has 3 aromatic rings. The van der Waals surface area contributed by atoms with E-state index in [1.807, 2.05) is 36.2 Å². The first kappa shape index (κ1) is 15.8. The van der Waals surface area contributed by atoms with Crippen molar-refractivity contribution in [3.8, 4) is 10.6 Å². The molecular formula is C20H20N4OS. The zero-order valence-electron chi connectivity index (χ0n) is 14.7. The standard InChI is InChI=1S/C20H20N4OS/c1-14-4-2-5-15(22-14)18(25)23-9-7-20(13-23)8-10-24-16(12-21-19(20)24)17-6-3-11-26-17/h2-6,11-12H,7-10,13H2,1H3/t20-/m1/s1. The van der Waals surface area contributed by atoms with Crippen LogP contribution in [-0.4, -0.2) is 38.4 Å². The maximum Gasteiger partial charge on any atom is 0.272 e. The lowest BCUT2D eigenvalue weighted by atomic mass is 9.85. The van der Waals surface area contributed by atoms with Crippen molar-refractivity contribution in [2.75, 3.05) is 13.1 Å². The Morgan fingerprint density at radius 1 is 1.19 bits per heavy atom. The lowest BCUT2D eigenvalue weighted by Crippen LogP contribution is -2.34. The highest BCUT2D eigenvalue weighted by Crippen LogP contribution is 2.44. The number of hydrogen-bond donors (Lipinski definition) is 0. The highest BCUT2D eigenvalue weighted by Gasteiger charge is 2.48. The van der Waals surface area contributed by atoms with Crippen LogP contribution in [0.15, 0.2) is 41.9 Å². The number of pyridine rings is 1. The molecule has 0 radical (unpaired) electrons. The summed E-state index contributed by atoms with van der Waals surface area (Å²) in [6.45, 7) is 4.41. The Kier molecular flexibility index (Phi) is 3.50. The molecule has 2 aliphatic rings. The minimum absolute atomic E-state index is 0.00497. The first-order chi connectivity index (χ1) is 12.7. The molecule has 1 amide bonds. The first-order valence-electron chi connectivity index (χ1n) is 8.99. The van der Waals surface area contributed by atoms with E-state index in [4.69, 9.17) is 4.98 Å². The smallest absolute Gasteiger partial charge is 0.272 e. The van der Waals surface area contributed by atoms with Gasteiger partial charge in [0.25, 0.3) is 5.91 Å². The minimum atomic E-state index is -0.00497. The molecule has 5 rings (SSSR count). The third kappa shape index (κ3) is 2.32. The van der Waals surface area contributed by atoms with E-state index < -0.39 is 0 Å². The summed E-state index contributed by atoms with van der Waals surface area (Å²) in [7, 11) is 0. The van der Waals surface area contributed by atoms with Crippen LogP contribution >= 0.6 is 11.3 Å². The van der Waals surface area contributed by atoms with Gasteiger partial charge in [-0.3, -0.25) is 4.79 Å². The normalized spacial score (nSPS) is 21.5. The Morgan fingerprint density at radius 3 is 2.88 bits per heavy atom. The molecule has 5 heterocycles. The number of hydrogen-bond acceptors (Lipinski definition) is 4. The number of nitrogens with zero attached hydrogens (tertiary/aromatic N) is 4. The van der Waals surface area contributed by atoms with Crippen LogP contribution in [0.2, 0.25) is 0 Å². The molecule has 1 fully saturated rings. The monoisotopic (exact) mass is 364 g/mol. The van der Waals surface area contributed by atoms with E-state index in [2.05, 4.69) is 27.1 Å². The predicted octanol–water partition coefficient (Wildman–Crippen LogP) is 3.50. The molecule has 1 atom stereocenters. The maximum absolute atomic E-state index is 12.9. The second-order valence-electron chi connectivity index (χ2n) is 7.27. The molecule has 6 heteroatoms. The topological polar surface area (TPSA) is 51.0 Å². The summed E-state index contributed by atoms with van der Waals surface area (Å²) in [5.41, 5.74) is 2.62. The number of carbonyl (C=O) groups is 1. The van der Waals surface area contributed by atoms with Crippen LogP contribution in [0.3, 0.4) is 0 Å². The third-order valence-corrected chi connectivity index (χ3v) is 6.56. The Morgan fingerprint density at radius 2 is 2.08 bits per heavy atom. The van der Waals surface area contributed by atoms with Gasteiger partial charge >= 0.3 is 0 Å². The highest BCUT2D eigenvalue weighted by atomic mass is 32.1. The fraction of sp³-hybridized carbons (Fsp3) is 0.350. The van der Waals surface area contributed by atoms with Crippen LogP contribution in [0.1, 0.15) is 34.8 Å². The van der Waals surface area contributed by atoms with E-state index in [9.17, 15) is 4.79 Å². The van der Waals surface area contributed by atoms with E-state index in [-0.39, 0.29) is 11.3 Å². The number of likely N-dealkylation sites (tertiary alicyclic amines) is 1. The molecule has 0 N–H and O–H groups in total. The second-order valence-corrected chi connectivity index (χ2v) is 8.21. The Labute approximate surface area is 156 Å². The number of imidazole rings is 1. The van der Waals surface area contributed by atoms with Crippen LogP contribution < -0.4 is 0 Å². The molecule has 132 valence electrons. The molecule has 1 saturated heterocycles. The van der Waals surface area contributed by atoms with Gasteiger partial charge in [-0.25, -0.2) is 9.97 Å². The molecule has 0 aromatic carbocycles. The third-order valence-electron chi connectivity index (χ3n) is 5.67. The fourth-order valence-electron chi connectivity index (χ4n) is 4.34. The highest BCUT2D eigenvalue weighted by molar-refractivity contribution is 7.13. The van der Waals surface area contributed by atoms with Crippen molar-refractivity contribution < 1.29 is 4.79 Å². The molecule has 26 heavy (non-hydrogen) atoms. The molecule has 3 aromatic heterocycles. The van der Waals surface area contributed by atoms with Crippen LogP contribution in [0.5, 0.6) is 0 Å². The van der Waals surface area contributed by atoms with E-state index in [0.29, 0.717) is 5.69 Å². The number of fused-ring (bicyclic) bond motifs is 2. The van der Waals surface area contributed by atoms with Crippen molar-refractivity contribution in [1.82, 2.24) is 19.4 Å². The molecule has 0 bridgehead atoms. The van der Waals surface area contributed by atoms with Crippen molar-refractivity contribution in [1.29, 1.82) is 0 Å².